The van der Waals surface area contributed by atoms with E-state index in [0.717, 1.165) is 31.2 Å². The van der Waals surface area contributed by atoms with E-state index in [1.165, 1.54) is 23.2 Å². The number of carbonyl (C=O) groups is 2. The number of anilines is 1. The van der Waals surface area contributed by atoms with E-state index >= 15 is 0 Å². The summed E-state index contributed by atoms with van der Waals surface area (Å²) in [7, 11) is 0. The van der Waals surface area contributed by atoms with Gasteiger partial charge in [-0.05, 0) is 43.5 Å². The fraction of sp³-hybridized carbons (Fsp3) is 0.429. The standard InChI is InChI=1S/C21H26N4O3/c1-15-6-5-9-17(14-15)23-21(28)18-10-11-20(27)25(24-18)13-12-19(26)22-16-7-3-2-4-8-16/h5-6,9-11,14,16H,2-4,7-8,12-13H2,1H3,(H,22,26)(H,23,28). The van der Waals surface area contributed by atoms with Crippen molar-refractivity contribution in [3.05, 3.63) is 58.0 Å². The Labute approximate surface area is 164 Å². The zero-order valence-electron chi connectivity index (χ0n) is 16.1. The Hall–Kier alpha value is -2.96. The first-order valence-electron chi connectivity index (χ1n) is 9.77. The van der Waals surface area contributed by atoms with E-state index in [9.17, 15) is 14.4 Å². The Kier molecular flexibility index (Phi) is 6.57. The van der Waals surface area contributed by atoms with Crippen LogP contribution in [0.2, 0.25) is 0 Å². The minimum atomic E-state index is -0.397. The van der Waals surface area contributed by atoms with Crippen LogP contribution >= 0.6 is 0 Å². The normalized spacial score (nSPS) is 14.5. The fourth-order valence-corrected chi connectivity index (χ4v) is 3.40. The molecule has 0 saturated heterocycles. The van der Waals surface area contributed by atoms with Crippen molar-refractivity contribution in [1.29, 1.82) is 0 Å². The highest BCUT2D eigenvalue weighted by molar-refractivity contribution is 6.02. The van der Waals surface area contributed by atoms with E-state index in [1.54, 1.807) is 6.07 Å². The van der Waals surface area contributed by atoms with Crippen molar-refractivity contribution in [2.24, 2.45) is 0 Å². The highest BCUT2D eigenvalue weighted by atomic mass is 16.2. The molecule has 0 bridgehead atoms. The van der Waals surface area contributed by atoms with Gasteiger partial charge in [-0.25, -0.2) is 4.68 Å². The summed E-state index contributed by atoms with van der Waals surface area (Å²) in [5.74, 6) is -0.485. The molecular formula is C21H26N4O3. The lowest BCUT2D eigenvalue weighted by molar-refractivity contribution is -0.122. The maximum absolute atomic E-state index is 12.4. The molecule has 1 heterocycles. The van der Waals surface area contributed by atoms with Crippen LogP contribution in [-0.2, 0) is 11.3 Å². The van der Waals surface area contributed by atoms with E-state index in [4.69, 9.17) is 0 Å². The zero-order valence-corrected chi connectivity index (χ0v) is 16.1. The molecule has 1 aliphatic rings. The second kappa shape index (κ2) is 9.30. The lowest BCUT2D eigenvalue weighted by atomic mass is 9.95. The van der Waals surface area contributed by atoms with Gasteiger partial charge in [0.1, 0.15) is 5.69 Å². The predicted octanol–water partition coefficient (Wildman–Crippen LogP) is 2.64. The van der Waals surface area contributed by atoms with Gasteiger partial charge in [-0.1, -0.05) is 31.4 Å². The first-order valence-corrected chi connectivity index (χ1v) is 9.77. The predicted molar refractivity (Wildman–Crippen MR) is 107 cm³/mol. The maximum atomic E-state index is 12.4. The topological polar surface area (TPSA) is 93.1 Å². The molecule has 0 aliphatic heterocycles. The average molecular weight is 382 g/mol. The summed E-state index contributed by atoms with van der Waals surface area (Å²) in [4.78, 5) is 36.6. The number of benzene rings is 1. The summed E-state index contributed by atoms with van der Waals surface area (Å²) < 4.78 is 1.17. The zero-order chi connectivity index (χ0) is 19.9. The quantitative estimate of drug-likeness (QED) is 0.803. The van der Waals surface area contributed by atoms with Crippen LogP contribution in [0.15, 0.2) is 41.2 Å². The van der Waals surface area contributed by atoms with Crippen LogP contribution in [0.25, 0.3) is 0 Å². The molecule has 0 spiro atoms. The molecule has 3 rings (SSSR count). The number of rotatable bonds is 6. The van der Waals surface area contributed by atoms with Gasteiger partial charge < -0.3 is 10.6 Å². The molecule has 148 valence electrons. The van der Waals surface area contributed by atoms with Crippen molar-refractivity contribution >= 4 is 17.5 Å². The number of carbonyl (C=O) groups excluding carboxylic acids is 2. The van der Waals surface area contributed by atoms with Gasteiger partial charge in [0.05, 0.1) is 6.54 Å². The van der Waals surface area contributed by atoms with Crippen molar-refractivity contribution in [3.8, 4) is 0 Å². The molecule has 2 aromatic rings. The monoisotopic (exact) mass is 382 g/mol. The van der Waals surface area contributed by atoms with E-state index in [0.29, 0.717) is 5.69 Å². The van der Waals surface area contributed by atoms with Crippen molar-refractivity contribution in [3.63, 3.8) is 0 Å². The average Bonchev–Trinajstić information content (AvgIpc) is 2.68. The lowest BCUT2D eigenvalue weighted by Gasteiger charge is -2.22. The highest BCUT2D eigenvalue weighted by Gasteiger charge is 2.16. The van der Waals surface area contributed by atoms with Gasteiger partial charge in [-0.2, -0.15) is 5.10 Å². The Morgan fingerprint density at radius 2 is 1.93 bits per heavy atom. The molecule has 1 aromatic carbocycles. The Morgan fingerprint density at radius 1 is 1.14 bits per heavy atom. The number of nitrogens with zero attached hydrogens (tertiary/aromatic N) is 2. The summed E-state index contributed by atoms with van der Waals surface area (Å²) >= 11 is 0. The van der Waals surface area contributed by atoms with Crippen LogP contribution in [0.5, 0.6) is 0 Å². The number of nitrogens with one attached hydrogen (secondary N) is 2. The molecule has 7 heteroatoms. The van der Waals surface area contributed by atoms with Crippen molar-refractivity contribution in [2.45, 2.75) is 58.0 Å². The first-order chi connectivity index (χ1) is 13.5. The van der Waals surface area contributed by atoms with Gasteiger partial charge >= 0.3 is 0 Å². The van der Waals surface area contributed by atoms with Crippen molar-refractivity contribution < 1.29 is 9.59 Å². The Morgan fingerprint density at radius 3 is 2.68 bits per heavy atom. The first kappa shape index (κ1) is 19.8. The molecule has 0 radical (unpaired) electrons. The molecule has 2 N–H and O–H groups in total. The number of aromatic nitrogens is 2. The third-order valence-electron chi connectivity index (χ3n) is 4.90. The Bertz CT molecular complexity index is 901. The molecule has 1 aliphatic carbocycles. The smallest absolute Gasteiger partial charge is 0.276 e. The van der Waals surface area contributed by atoms with Gasteiger partial charge in [0.2, 0.25) is 5.91 Å². The van der Waals surface area contributed by atoms with E-state index in [-0.39, 0.29) is 36.2 Å². The minimum absolute atomic E-state index is 0.0878. The minimum Gasteiger partial charge on any atom is -0.353 e. The van der Waals surface area contributed by atoms with Gasteiger partial charge in [0.25, 0.3) is 11.5 Å². The van der Waals surface area contributed by atoms with Crippen LogP contribution in [0, 0.1) is 6.92 Å². The summed E-state index contributed by atoms with van der Waals surface area (Å²) in [5, 5.41) is 9.91. The molecule has 0 unspecified atom stereocenters. The summed E-state index contributed by atoms with van der Waals surface area (Å²) in [6.45, 7) is 2.08. The third-order valence-corrected chi connectivity index (χ3v) is 4.90. The van der Waals surface area contributed by atoms with E-state index in [2.05, 4.69) is 15.7 Å². The molecule has 1 fully saturated rings. The van der Waals surface area contributed by atoms with E-state index < -0.39 is 5.91 Å². The van der Waals surface area contributed by atoms with E-state index in [1.807, 2.05) is 25.1 Å². The molecule has 7 nitrogen and oxygen atoms in total. The van der Waals surface area contributed by atoms with Crippen LogP contribution in [0.1, 0.15) is 54.6 Å². The summed E-state index contributed by atoms with van der Waals surface area (Å²) in [5.41, 5.74) is 1.49. The number of hydrogen-bond donors (Lipinski definition) is 2. The second-order valence-electron chi connectivity index (χ2n) is 7.26. The molecule has 2 amide bonds. The van der Waals surface area contributed by atoms with Crippen LogP contribution in [0.4, 0.5) is 5.69 Å². The van der Waals surface area contributed by atoms with Crippen molar-refractivity contribution in [1.82, 2.24) is 15.1 Å². The molecule has 28 heavy (non-hydrogen) atoms. The molecule has 1 aromatic heterocycles. The number of hydrogen-bond acceptors (Lipinski definition) is 4. The largest absolute Gasteiger partial charge is 0.353 e. The lowest BCUT2D eigenvalue weighted by Crippen LogP contribution is -2.37. The SMILES string of the molecule is Cc1cccc(NC(=O)c2ccc(=O)n(CCC(=O)NC3CCCCC3)n2)c1. The second-order valence-corrected chi connectivity index (χ2v) is 7.26. The molecular weight excluding hydrogens is 356 g/mol. The maximum Gasteiger partial charge on any atom is 0.276 e. The Balaban J connectivity index is 1.60. The van der Waals surface area contributed by atoms with Gasteiger partial charge in [0.15, 0.2) is 0 Å². The van der Waals surface area contributed by atoms with Crippen LogP contribution < -0.4 is 16.2 Å². The number of amides is 2. The summed E-state index contributed by atoms with van der Waals surface area (Å²) in [6.07, 6.45) is 5.70. The highest BCUT2D eigenvalue weighted by Crippen LogP contribution is 2.17. The van der Waals surface area contributed by atoms with Gasteiger partial charge in [-0.15, -0.1) is 0 Å². The van der Waals surface area contributed by atoms with Crippen LogP contribution in [-0.4, -0.2) is 27.6 Å². The fourth-order valence-electron chi connectivity index (χ4n) is 3.40. The molecule has 1 saturated carbocycles. The van der Waals surface area contributed by atoms with Gasteiger partial charge in [0, 0.05) is 24.2 Å². The summed E-state index contributed by atoms with van der Waals surface area (Å²) in [6, 6.07) is 10.4. The third kappa shape index (κ3) is 5.52. The van der Waals surface area contributed by atoms with Crippen molar-refractivity contribution in [2.75, 3.05) is 5.32 Å². The number of aryl methyl sites for hydroxylation is 2. The van der Waals surface area contributed by atoms with Gasteiger partial charge in [-0.3, -0.25) is 14.4 Å². The molecule has 0 atom stereocenters. The van der Waals surface area contributed by atoms with Crippen LogP contribution in [0.3, 0.4) is 0 Å².